The number of urea groups is 1. The lowest BCUT2D eigenvalue weighted by Crippen LogP contribution is -2.35. The molecule has 0 radical (unpaired) electrons. The number of carbonyl (C=O) groups is 3. The van der Waals surface area contributed by atoms with Gasteiger partial charge < -0.3 is 21.1 Å². The largest absolute Gasteiger partial charge is 0.480 e. The number of aliphatic carboxylic acids is 1. The minimum atomic E-state index is -1.00. The van der Waals surface area contributed by atoms with Crippen LogP contribution in [-0.2, 0) is 9.59 Å². The van der Waals surface area contributed by atoms with E-state index >= 15 is 0 Å². The van der Waals surface area contributed by atoms with Crippen molar-refractivity contribution in [2.75, 3.05) is 19.6 Å². The molecule has 3 amide bonds. The molecule has 0 heterocycles. The summed E-state index contributed by atoms with van der Waals surface area (Å²) in [5.41, 5.74) is 0. The van der Waals surface area contributed by atoms with Crippen LogP contribution in [0.15, 0.2) is 0 Å². The third kappa shape index (κ3) is 20.5. The van der Waals surface area contributed by atoms with E-state index in [4.69, 9.17) is 5.11 Å². The van der Waals surface area contributed by atoms with Gasteiger partial charge in [0.25, 0.3) is 0 Å². The molecule has 0 fully saturated rings. The molecule has 0 aromatic carbocycles. The number of rotatable bonds is 19. The number of carbonyl (C=O) groups excluding carboxylic acids is 2. The summed E-state index contributed by atoms with van der Waals surface area (Å²) in [4.78, 5) is 32.9. The van der Waals surface area contributed by atoms with Gasteiger partial charge in [0.15, 0.2) is 0 Å². The molecule has 0 aliphatic carbocycles. The van der Waals surface area contributed by atoms with Gasteiger partial charge >= 0.3 is 12.0 Å². The number of amides is 3. The molecule has 164 valence electrons. The van der Waals surface area contributed by atoms with Crippen LogP contribution < -0.4 is 16.0 Å². The molecule has 28 heavy (non-hydrogen) atoms. The molecule has 7 heteroatoms. The van der Waals surface area contributed by atoms with Crippen molar-refractivity contribution in [1.82, 2.24) is 16.0 Å². The van der Waals surface area contributed by atoms with Gasteiger partial charge in [0, 0.05) is 19.5 Å². The first kappa shape index (κ1) is 26.2. The monoisotopic (exact) mass is 399 g/mol. The first-order valence-corrected chi connectivity index (χ1v) is 11.1. The molecule has 4 N–H and O–H groups in total. The van der Waals surface area contributed by atoms with E-state index in [1.807, 2.05) is 6.92 Å². The molecule has 0 aromatic heterocycles. The highest BCUT2D eigenvalue weighted by Crippen LogP contribution is 2.12. The molecule has 0 atom stereocenters. The Morgan fingerprint density at radius 2 is 1.11 bits per heavy atom. The van der Waals surface area contributed by atoms with E-state index in [0.717, 1.165) is 32.2 Å². The van der Waals surface area contributed by atoms with Crippen molar-refractivity contribution in [3.63, 3.8) is 0 Å². The zero-order chi connectivity index (χ0) is 20.9. The highest BCUT2D eigenvalue weighted by molar-refractivity contribution is 5.80. The van der Waals surface area contributed by atoms with E-state index in [1.54, 1.807) is 0 Å². The summed E-state index contributed by atoms with van der Waals surface area (Å²) in [5, 5.41) is 16.4. The maximum Gasteiger partial charge on any atom is 0.322 e. The van der Waals surface area contributed by atoms with Crippen LogP contribution in [0.5, 0.6) is 0 Å². The van der Waals surface area contributed by atoms with Crippen molar-refractivity contribution < 1.29 is 19.5 Å². The normalized spacial score (nSPS) is 10.5. The van der Waals surface area contributed by atoms with Crippen LogP contribution in [-0.4, -0.2) is 42.6 Å². The van der Waals surface area contributed by atoms with Gasteiger partial charge in [-0.25, -0.2) is 4.79 Å². The minimum absolute atomic E-state index is 0.0660. The van der Waals surface area contributed by atoms with Crippen molar-refractivity contribution in [3.05, 3.63) is 0 Å². The van der Waals surface area contributed by atoms with Gasteiger partial charge in [-0.1, -0.05) is 70.6 Å². The molecule has 0 saturated heterocycles. The lowest BCUT2D eigenvalue weighted by molar-refractivity contribution is -0.137. The highest BCUT2D eigenvalue weighted by Gasteiger charge is 2.03. The molecule has 0 unspecified atom stereocenters. The van der Waals surface area contributed by atoms with E-state index in [-0.39, 0.29) is 18.5 Å². The maximum absolute atomic E-state index is 11.3. The van der Waals surface area contributed by atoms with Crippen LogP contribution >= 0.6 is 0 Å². The Bertz CT molecular complexity index is 416. The summed E-state index contributed by atoms with van der Waals surface area (Å²) < 4.78 is 0. The third-order valence-electron chi connectivity index (χ3n) is 4.64. The molecule has 0 saturated carbocycles. The molecule has 0 rings (SSSR count). The lowest BCUT2D eigenvalue weighted by Gasteiger charge is -2.06. The summed E-state index contributed by atoms with van der Waals surface area (Å²) in [6, 6.07) is -0.0660. The number of carboxylic acid groups (broad SMARTS) is 1. The molecular weight excluding hydrogens is 358 g/mol. The second-order valence-corrected chi connectivity index (χ2v) is 7.30. The Labute approximate surface area is 170 Å². The highest BCUT2D eigenvalue weighted by atomic mass is 16.4. The SMILES string of the molecule is CCNC(=O)NCCCCCCCCCCCCCCCC(=O)NCC(=O)O. The lowest BCUT2D eigenvalue weighted by atomic mass is 10.0. The Kier molecular flexibility index (Phi) is 18.7. The second kappa shape index (κ2) is 20.0. The fourth-order valence-corrected chi connectivity index (χ4v) is 3.04. The van der Waals surface area contributed by atoms with Gasteiger partial charge in [-0.15, -0.1) is 0 Å². The van der Waals surface area contributed by atoms with Crippen LogP contribution in [0.25, 0.3) is 0 Å². The quantitative estimate of drug-likeness (QED) is 0.246. The van der Waals surface area contributed by atoms with Crippen molar-refractivity contribution in [2.24, 2.45) is 0 Å². The van der Waals surface area contributed by atoms with Gasteiger partial charge in [0.05, 0.1) is 0 Å². The van der Waals surface area contributed by atoms with Crippen molar-refractivity contribution in [3.8, 4) is 0 Å². The van der Waals surface area contributed by atoms with Crippen LogP contribution in [0, 0.1) is 0 Å². The molecule has 0 aliphatic heterocycles. The van der Waals surface area contributed by atoms with Gasteiger partial charge in [-0.05, 0) is 19.8 Å². The summed E-state index contributed by atoms with van der Waals surface area (Å²) in [7, 11) is 0. The van der Waals surface area contributed by atoms with Crippen LogP contribution in [0.4, 0.5) is 4.79 Å². The Morgan fingerprint density at radius 1 is 0.643 bits per heavy atom. The van der Waals surface area contributed by atoms with E-state index < -0.39 is 5.97 Å². The summed E-state index contributed by atoms with van der Waals surface area (Å²) >= 11 is 0. The molecule has 7 nitrogen and oxygen atoms in total. The fraction of sp³-hybridized carbons (Fsp3) is 0.857. The minimum Gasteiger partial charge on any atom is -0.480 e. The smallest absolute Gasteiger partial charge is 0.322 e. The fourth-order valence-electron chi connectivity index (χ4n) is 3.04. The van der Waals surface area contributed by atoms with Crippen LogP contribution in [0.3, 0.4) is 0 Å². The molecule has 0 aliphatic rings. The number of unbranched alkanes of at least 4 members (excludes halogenated alkanes) is 12. The molecule has 0 aromatic rings. The molecular formula is C21H41N3O4. The Balaban J connectivity index is 3.15. The third-order valence-corrected chi connectivity index (χ3v) is 4.64. The zero-order valence-corrected chi connectivity index (χ0v) is 17.7. The first-order chi connectivity index (χ1) is 13.6. The summed E-state index contributed by atoms with van der Waals surface area (Å²) in [6.07, 6.45) is 15.9. The van der Waals surface area contributed by atoms with Crippen molar-refractivity contribution in [2.45, 2.75) is 96.8 Å². The molecule has 0 bridgehead atoms. The average molecular weight is 400 g/mol. The number of nitrogens with one attached hydrogen (secondary N) is 3. The van der Waals surface area contributed by atoms with Gasteiger partial charge in [0.1, 0.15) is 6.54 Å². The zero-order valence-electron chi connectivity index (χ0n) is 17.7. The van der Waals surface area contributed by atoms with Crippen molar-refractivity contribution >= 4 is 17.9 Å². The summed E-state index contributed by atoms with van der Waals surface area (Å²) in [6.45, 7) is 3.06. The van der Waals surface area contributed by atoms with Gasteiger partial charge in [0.2, 0.25) is 5.91 Å². The predicted molar refractivity (Wildman–Crippen MR) is 112 cm³/mol. The maximum atomic E-state index is 11.3. The van der Waals surface area contributed by atoms with Crippen molar-refractivity contribution in [1.29, 1.82) is 0 Å². The average Bonchev–Trinajstić information content (AvgIpc) is 2.66. The van der Waals surface area contributed by atoms with Gasteiger partial charge in [-0.3, -0.25) is 9.59 Å². The second-order valence-electron chi connectivity index (χ2n) is 7.30. The van der Waals surface area contributed by atoms with E-state index in [2.05, 4.69) is 16.0 Å². The van der Waals surface area contributed by atoms with E-state index in [1.165, 1.54) is 57.8 Å². The number of hydrogen-bond acceptors (Lipinski definition) is 3. The first-order valence-electron chi connectivity index (χ1n) is 11.1. The van der Waals surface area contributed by atoms with E-state index in [9.17, 15) is 14.4 Å². The Morgan fingerprint density at radius 3 is 1.57 bits per heavy atom. The predicted octanol–water partition coefficient (Wildman–Crippen LogP) is 3.97. The standard InChI is InChI=1S/C21H41N3O4/c1-2-22-21(28)23-17-15-13-11-9-7-5-3-4-6-8-10-12-14-16-19(25)24-18-20(26)27/h2-18H2,1H3,(H,24,25)(H,26,27)(H2,22,23,28). The Hall–Kier alpha value is -1.79. The molecule has 0 spiro atoms. The number of hydrogen-bond donors (Lipinski definition) is 4. The summed E-state index contributed by atoms with van der Waals surface area (Å²) in [5.74, 6) is -1.17. The number of carboxylic acids is 1. The van der Waals surface area contributed by atoms with Gasteiger partial charge in [-0.2, -0.15) is 0 Å². The van der Waals surface area contributed by atoms with Crippen LogP contribution in [0.2, 0.25) is 0 Å². The topological polar surface area (TPSA) is 108 Å². The van der Waals surface area contributed by atoms with Crippen LogP contribution in [0.1, 0.15) is 96.8 Å². The van der Waals surface area contributed by atoms with E-state index in [0.29, 0.717) is 13.0 Å².